The highest BCUT2D eigenvalue weighted by atomic mass is 16.6. The lowest BCUT2D eigenvalue weighted by atomic mass is 10.2. The molecule has 0 aromatic heterocycles. The summed E-state index contributed by atoms with van der Waals surface area (Å²) in [7, 11) is 0. The molecule has 2 amide bonds. The Morgan fingerprint density at radius 1 is 0.552 bits per heavy atom. The molecule has 0 saturated heterocycles. The molecule has 0 aromatic rings. The van der Waals surface area contributed by atoms with Gasteiger partial charge in [-0.25, -0.2) is 0 Å². The van der Waals surface area contributed by atoms with Crippen LogP contribution < -0.4 is 10.6 Å². The summed E-state index contributed by atoms with van der Waals surface area (Å²) in [6, 6.07) is -1.69. The van der Waals surface area contributed by atoms with Crippen LogP contribution in [0, 0.1) is 0 Å². The van der Waals surface area contributed by atoms with Gasteiger partial charge in [-0.15, -0.1) is 0 Å². The third-order valence-electron chi connectivity index (χ3n) is 3.00. The lowest BCUT2D eigenvalue weighted by Gasteiger charge is -2.20. The predicted octanol–water partition coefficient (Wildman–Crippen LogP) is -1.40. The van der Waals surface area contributed by atoms with Crippen molar-refractivity contribution in [2.75, 3.05) is 26.4 Å². The molecule has 12 nitrogen and oxygen atoms in total. The zero-order chi connectivity index (χ0) is 22.4. The number of carbonyl (C=O) groups excluding carboxylic acids is 6. The molecular weight excluding hydrogens is 392 g/mol. The maximum absolute atomic E-state index is 12.0. The highest BCUT2D eigenvalue weighted by Gasteiger charge is 2.21. The van der Waals surface area contributed by atoms with Gasteiger partial charge in [0.25, 0.3) is 0 Å². The Kier molecular flexibility index (Phi) is 12.4. The number of amides is 2. The third kappa shape index (κ3) is 15.6. The van der Waals surface area contributed by atoms with Crippen molar-refractivity contribution in [1.29, 1.82) is 0 Å². The summed E-state index contributed by atoms with van der Waals surface area (Å²) in [5.41, 5.74) is 0. The molecule has 0 aliphatic carbocycles. The molecule has 0 fully saturated rings. The molecule has 0 radical (unpaired) electrons. The van der Waals surface area contributed by atoms with Crippen molar-refractivity contribution < 1.29 is 47.7 Å². The van der Waals surface area contributed by atoms with Crippen LogP contribution in [0.15, 0.2) is 0 Å². The number of nitrogens with one attached hydrogen (secondary N) is 2. The van der Waals surface area contributed by atoms with Crippen molar-refractivity contribution >= 4 is 35.7 Å². The molecule has 0 aliphatic rings. The topological polar surface area (TPSA) is 163 Å². The van der Waals surface area contributed by atoms with E-state index < -0.39 is 54.2 Å². The van der Waals surface area contributed by atoms with E-state index in [1.807, 2.05) is 0 Å². The van der Waals surface area contributed by atoms with E-state index in [9.17, 15) is 28.8 Å². The first-order chi connectivity index (χ1) is 13.5. The Morgan fingerprint density at radius 3 is 1.00 bits per heavy atom. The number of carbonyl (C=O) groups is 6. The van der Waals surface area contributed by atoms with Crippen molar-refractivity contribution in [3.8, 4) is 0 Å². The van der Waals surface area contributed by atoms with Gasteiger partial charge in [0.15, 0.2) is 0 Å². The van der Waals surface area contributed by atoms with Crippen molar-refractivity contribution in [2.45, 2.75) is 46.2 Å². The Bertz CT molecular complexity index is 531. The molecule has 12 heteroatoms. The molecule has 0 unspecified atom stereocenters. The van der Waals surface area contributed by atoms with Gasteiger partial charge in [0.2, 0.25) is 11.8 Å². The van der Waals surface area contributed by atoms with E-state index in [1.165, 1.54) is 27.7 Å². The van der Waals surface area contributed by atoms with Crippen LogP contribution in [0.4, 0.5) is 0 Å². The fraction of sp³-hybridized carbons (Fsp3) is 0.647. The molecule has 0 heterocycles. The summed E-state index contributed by atoms with van der Waals surface area (Å²) >= 11 is 0. The highest BCUT2D eigenvalue weighted by Crippen LogP contribution is 1.95. The lowest BCUT2D eigenvalue weighted by molar-refractivity contribution is -0.147. The largest absolute Gasteiger partial charge is 0.464 e. The summed E-state index contributed by atoms with van der Waals surface area (Å²) < 4.78 is 19.1. The van der Waals surface area contributed by atoms with Crippen LogP contribution in [0.5, 0.6) is 0 Å². The molecular formula is C17H26N2O10. The predicted molar refractivity (Wildman–Crippen MR) is 95.0 cm³/mol. The summed E-state index contributed by atoms with van der Waals surface area (Å²) in [6.45, 7) is 3.67. The summed E-state index contributed by atoms with van der Waals surface area (Å²) in [5, 5.41) is 4.81. The molecule has 29 heavy (non-hydrogen) atoms. The van der Waals surface area contributed by atoms with E-state index in [2.05, 4.69) is 10.6 Å². The van der Waals surface area contributed by atoms with Crippen LogP contribution in [-0.4, -0.2) is 74.2 Å². The normalized spacial score (nSPS) is 10.1. The molecule has 2 N–H and O–H groups in total. The van der Waals surface area contributed by atoms with Gasteiger partial charge in [0.1, 0.15) is 32.8 Å². The van der Waals surface area contributed by atoms with E-state index >= 15 is 0 Å². The molecule has 0 aliphatic heterocycles. The fourth-order valence-corrected chi connectivity index (χ4v) is 1.84. The van der Waals surface area contributed by atoms with E-state index in [4.69, 9.17) is 18.9 Å². The van der Waals surface area contributed by atoms with Gasteiger partial charge in [0, 0.05) is 27.7 Å². The first-order valence-electron chi connectivity index (χ1n) is 8.61. The maximum atomic E-state index is 12.0. The van der Waals surface area contributed by atoms with Crippen LogP contribution in [0.25, 0.3) is 0 Å². The quantitative estimate of drug-likeness (QED) is 0.219. The van der Waals surface area contributed by atoms with Gasteiger partial charge in [-0.2, -0.15) is 0 Å². The van der Waals surface area contributed by atoms with Crippen LogP contribution >= 0.6 is 0 Å². The minimum Gasteiger partial charge on any atom is -0.464 e. The zero-order valence-electron chi connectivity index (χ0n) is 16.8. The monoisotopic (exact) mass is 418 g/mol. The number of hydrogen-bond acceptors (Lipinski definition) is 10. The van der Waals surface area contributed by atoms with Crippen LogP contribution in [-0.2, 0) is 47.7 Å². The Labute approximate surface area is 167 Å². The number of hydrogen-bond donors (Lipinski definition) is 2. The molecule has 0 saturated carbocycles. The van der Waals surface area contributed by atoms with Gasteiger partial charge >= 0.3 is 23.9 Å². The van der Waals surface area contributed by atoms with E-state index in [0.29, 0.717) is 0 Å². The second-order valence-electron chi connectivity index (χ2n) is 5.92. The fourth-order valence-electron chi connectivity index (χ4n) is 1.84. The Hall–Kier alpha value is -3.18. The molecule has 0 spiro atoms. The minimum absolute atomic E-state index is 0.252. The average Bonchev–Trinajstić information content (AvgIpc) is 2.58. The lowest BCUT2D eigenvalue weighted by Crippen LogP contribution is -2.46. The standard InChI is InChI=1S/C17H26N2O10/c1-10(20)26-6-14(7-27-11(2)21)18-16(24)5-17(25)19-15(8-28-12(3)22)9-29-13(4)23/h14-15H,5-9H2,1-4H3,(H,18,24)(H,19,25). The maximum Gasteiger partial charge on any atom is 0.302 e. The summed E-state index contributed by atoms with van der Waals surface area (Å²) in [5.74, 6) is -3.84. The summed E-state index contributed by atoms with van der Waals surface area (Å²) in [4.78, 5) is 67.7. The van der Waals surface area contributed by atoms with Crippen molar-refractivity contribution in [3.63, 3.8) is 0 Å². The van der Waals surface area contributed by atoms with Crippen LogP contribution in [0.2, 0.25) is 0 Å². The minimum atomic E-state index is -0.846. The molecule has 0 atom stereocenters. The number of esters is 4. The smallest absolute Gasteiger partial charge is 0.302 e. The third-order valence-corrected chi connectivity index (χ3v) is 3.00. The van der Waals surface area contributed by atoms with Crippen LogP contribution in [0.1, 0.15) is 34.1 Å². The first-order valence-corrected chi connectivity index (χ1v) is 8.61. The molecule has 164 valence electrons. The Morgan fingerprint density at radius 2 is 0.793 bits per heavy atom. The first kappa shape index (κ1) is 25.8. The van der Waals surface area contributed by atoms with Gasteiger partial charge < -0.3 is 29.6 Å². The van der Waals surface area contributed by atoms with Crippen molar-refractivity contribution in [2.24, 2.45) is 0 Å². The second kappa shape index (κ2) is 13.9. The SMILES string of the molecule is CC(=O)OCC(COC(C)=O)NC(=O)CC(=O)NC(COC(C)=O)COC(C)=O. The van der Waals surface area contributed by atoms with Crippen molar-refractivity contribution in [1.82, 2.24) is 10.6 Å². The number of rotatable bonds is 12. The average molecular weight is 418 g/mol. The zero-order valence-corrected chi connectivity index (χ0v) is 16.8. The molecule has 0 bridgehead atoms. The highest BCUT2D eigenvalue weighted by molar-refractivity contribution is 5.97. The van der Waals surface area contributed by atoms with Crippen LogP contribution in [0.3, 0.4) is 0 Å². The number of ether oxygens (including phenoxy) is 4. The summed E-state index contributed by atoms with van der Waals surface area (Å²) in [6.07, 6.45) is -0.618. The van der Waals surface area contributed by atoms with E-state index in [0.717, 1.165) is 0 Å². The van der Waals surface area contributed by atoms with Gasteiger partial charge in [0.05, 0.1) is 12.1 Å². The van der Waals surface area contributed by atoms with Crippen molar-refractivity contribution in [3.05, 3.63) is 0 Å². The van der Waals surface area contributed by atoms with Gasteiger partial charge in [-0.3, -0.25) is 28.8 Å². The molecule has 0 aromatic carbocycles. The van der Waals surface area contributed by atoms with E-state index in [1.54, 1.807) is 0 Å². The second-order valence-corrected chi connectivity index (χ2v) is 5.92. The van der Waals surface area contributed by atoms with Gasteiger partial charge in [-0.05, 0) is 0 Å². The Balaban J connectivity index is 4.69. The molecule has 0 rings (SSSR count). The van der Waals surface area contributed by atoms with Gasteiger partial charge in [-0.1, -0.05) is 0 Å². The van der Waals surface area contributed by atoms with E-state index in [-0.39, 0.29) is 26.4 Å².